The summed E-state index contributed by atoms with van der Waals surface area (Å²) >= 11 is 5.88. The van der Waals surface area contributed by atoms with E-state index in [-0.39, 0.29) is 24.0 Å². The van der Waals surface area contributed by atoms with Crippen LogP contribution in [0.1, 0.15) is 11.5 Å². The number of hydrogen-bond acceptors (Lipinski definition) is 4. The van der Waals surface area contributed by atoms with E-state index in [0.717, 1.165) is 5.56 Å². The normalized spacial score (nSPS) is 10.9. The third-order valence-electron chi connectivity index (χ3n) is 3.50. The molecule has 0 unspecified atom stereocenters. The monoisotopic (exact) mass is 483 g/mol. The molecular formula is C18H19ClIN5O. The van der Waals surface area contributed by atoms with Crippen LogP contribution in [0.2, 0.25) is 5.02 Å². The zero-order chi connectivity index (χ0) is 17.5. The predicted molar refractivity (Wildman–Crippen MR) is 114 cm³/mol. The number of halogens is 2. The van der Waals surface area contributed by atoms with Gasteiger partial charge in [0.1, 0.15) is 0 Å². The molecule has 2 N–H and O–H groups in total. The van der Waals surface area contributed by atoms with Crippen LogP contribution >= 0.6 is 35.6 Å². The van der Waals surface area contributed by atoms with E-state index in [9.17, 15) is 0 Å². The standard InChI is InChI=1S/C18H18ClN5O.HI/c1-20-18(21-11-13-5-3-2-4-6-13)22-12-16-23-17(24-25-16)14-7-9-15(19)10-8-14;/h2-10H,11-12H2,1H3,(H2,20,21,22);1H. The molecule has 3 rings (SSSR count). The maximum Gasteiger partial charge on any atom is 0.246 e. The molecule has 0 spiro atoms. The lowest BCUT2D eigenvalue weighted by atomic mass is 10.2. The van der Waals surface area contributed by atoms with Gasteiger partial charge >= 0.3 is 0 Å². The average molecular weight is 484 g/mol. The van der Waals surface area contributed by atoms with Crippen LogP contribution in [0.5, 0.6) is 0 Å². The third kappa shape index (κ3) is 5.70. The number of nitrogens with one attached hydrogen (secondary N) is 2. The number of aromatic nitrogens is 2. The summed E-state index contributed by atoms with van der Waals surface area (Å²) in [6.45, 7) is 1.06. The fourth-order valence-corrected chi connectivity index (χ4v) is 2.33. The number of aliphatic imine (C=N–C) groups is 1. The number of nitrogens with zero attached hydrogens (tertiary/aromatic N) is 3. The Labute approximate surface area is 174 Å². The van der Waals surface area contributed by atoms with E-state index in [1.54, 1.807) is 19.2 Å². The lowest BCUT2D eigenvalue weighted by Gasteiger charge is -2.10. The summed E-state index contributed by atoms with van der Waals surface area (Å²) in [5.41, 5.74) is 2.03. The minimum atomic E-state index is 0. The highest BCUT2D eigenvalue weighted by Gasteiger charge is 2.09. The molecule has 0 bridgehead atoms. The Balaban J connectivity index is 0.00000243. The van der Waals surface area contributed by atoms with Crippen molar-refractivity contribution in [3.05, 3.63) is 71.1 Å². The number of guanidine groups is 1. The van der Waals surface area contributed by atoms with Gasteiger partial charge in [0.25, 0.3) is 0 Å². The van der Waals surface area contributed by atoms with Crippen LogP contribution in [-0.2, 0) is 13.1 Å². The first-order valence-corrected chi connectivity index (χ1v) is 8.19. The summed E-state index contributed by atoms with van der Waals surface area (Å²) in [6, 6.07) is 17.4. The topological polar surface area (TPSA) is 75.3 Å². The zero-order valence-electron chi connectivity index (χ0n) is 14.1. The van der Waals surface area contributed by atoms with Gasteiger partial charge < -0.3 is 15.2 Å². The summed E-state index contributed by atoms with van der Waals surface area (Å²) in [7, 11) is 1.72. The van der Waals surface area contributed by atoms with Crippen LogP contribution in [0.25, 0.3) is 11.4 Å². The quantitative estimate of drug-likeness (QED) is 0.327. The zero-order valence-corrected chi connectivity index (χ0v) is 17.2. The van der Waals surface area contributed by atoms with Crippen molar-refractivity contribution < 1.29 is 4.52 Å². The van der Waals surface area contributed by atoms with Gasteiger partial charge in [0.05, 0.1) is 6.54 Å². The second-order valence-corrected chi connectivity index (χ2v) is 5.72. The van der Waals surface area contributed by atoms with Crippen LogP contribution in [0.4, 0.5) is 0 Å². The number of hydrogen-bond donors (Lipinski definition) is 2. The van der Waals surface area contributed by atoms with E-state index in [4.69, 9.17) is 16.1 Å². The van der Waals surface area contributed by atoms with Gasteiger partial charge in [-0.25, -0.2) is 0 Å². The van der Waals surface area contributed by atoms with E-state index in [2.05, 4.69) is 37.9 Å². The minimum absolute atomic E-state index is 0. The Morgan fingerprint density at radius 2 is 1.73 bits per heavy atom. The average Bonchev–Trinajstić information content (AvgIpc) is 3.12. The van der Waals surface area contributed by atoms with Gasteiger partial charge in [-0.15, -0.1) is 24.0 Å². The van der Waals surface area contributed by atoms with Crippen molar-refractivity contribution in [2.45, 2.75) is 13.1 Å². The van der Waals surface area contributed by atoms with Crippen molar-refractivity contribution >= 4 is 41.5 Å². The van der Waals surface area contributed by atoms with Crippen LogP contribution in [-0.4, -0.2) is 23.1 Å². The van der Waals surface area contributed by atoms with Gasteiger partial charge in [0.15, 0.2) is 5.96 Å². The molecule has 0 atom stereocenters. The van der Waals surface area contributed by atoms with E-state index in [1.807, 2.05) is 30.3 Å². The van der Waals surface area contributed by atoms with Gasteiger partial charge in [0.2, 0.25) is 11.7 Å². The van der Waals surface area contributed by atoms with Crippen LogP contribution in [0.15, 0.2) is 64.1 Å². The van der Waals surface area contributed by atoms with Crippen molar-refractivity contribution in [3.63, 3.8) is 0 Å². The van der Waals surface area contributed by atoms with Gasteiger partial charge in [0, 0.05) is 24.2 Å². The lowest BCUT2D eigenvalue weighted by Crippen LogP contribution is -2.36. The summed E-state index contributed by atoms with van der Waals surface area (Å²) < 4.78 is 5.27. The Morgan fingerprint density at radius 3 is 2.42 bits per heavy atom. The Kier molecular flexibility index (Phi) is 7.86. The molecule has 26 heavy (non-hydrogen) atoms. The lowest BCUT2D eigenvalue weighted by molar-refractivity contribution is 0.375. The maximum absolute atomic E-state index is 5.88. The fourth-order valence-electron chi connectivity index (χ4n) is 2.20. The van der Waals surface area contributed by atoms with Crippen molar-refractivity contribution in [1.29, 1.82) is 0 Å². The summed E-state index contributed by atoms with van der Waals surface area (Å²) in [6.07, 6.45) is 0. The largest absolute Gasteiger partial charge is 0.352 e. The second-order valence-electron chi connectivity index (χ2n) is 5.28. The maximum atomic E-state index is 5.88. The molecule has 0 aliphatic heterocycles. The molecular weight excluding hydrogens is 465 g/mol. The molecule has 3 aromatic rings. The van der Waals surface area contributed by atoms with Crippen LogP contribution in [0.3, 0.4) is 0 Å². The fraction of sp³-hybridized carbons (Fsp3) is 0.167. The highest BCUT2D eigenvalue weighted by molar-refractivity contribution is 14.0. The van der Waals surface area contributed by atoms with Crippen molar-refractivity contribution in [2.75, 3.05) is 7.05 Å². The molecule has 1 aromatic heterocycles. The van der Waals surface area contributed by atoms with Gasteiger partial charge in [-0.2, -0.15) is 4.98 Å². The Morgan fingerprint density at radius 1 is 1.04 bits per heavy atom. The SMILES string of the molecule is CN=C(NCc1ccccc1)NCc1nc(-c2ccc(Cl)cc2)no1.I. The van der Waals surface area contributed by atoms with Crippen molar-refractivity contribution in [3.8, 4) is 11.4 Å². The molecule has 0 amide bonds. The third-order valence-corrected chi connectivity index (χ3v) is 3.76. The van der Waals surface area contributed by atoms with E-state index in [1.165, 1.54) is 5.56 Å². The molecule has 0 aliphatic rings. The highest BCUT2D eigenvalue weighted by atomic mass is 127. The molecule has 1 heterocycles. The van der Waals surface area contributed by atoms with Gasteiger partial charge in [-0.3, -0.25) is 4.99 Å². The molecule has 0 saturated heterocycles. The molecule has 8 heteroatoms. The second kappa shape index (κ2) is 10.1. The first-order chi connectivity index (χ1) is 12.2. The van der Waals surface area contributed by atoms with E-state index in [0.29, 0.717) is 35.8 Å². The van der Waals surface area contributed by atoms with E-state index < -0.39 is 0 Å². The van der Waals surface area contributed by atoms with Crippen molar-refractivity contribution in [1.82, 2.24) is 20.8 Å². The molecule has 0 saturated carbocycles. The Hall–Kier alpha value is -2.13. The van der Waals surface area contributed by atoms with Crippen LogP contribution in [0, 0.1) is 0 Å². The predicted octanol–water partition coefficient (Wildman–Crippen LogP) is 3.87. The molecule has 136 valence electrons. The summed E-state index contributed by atoms with van der Waals surface area (Å²) in [4.78, 5) is 8.55. The number of rotatable bonds is 5. The molecule has 2 aromatic carbocycles. The molecule has 6 nitrogen and oxygen atoms in total. The van der Waals surface area contributed by atoms with Gasteiger partial charge in [-0.05, 0) is 29.8 Å². The Bertz CT molecular complexity index is 836. The molecule has 0 aliphatic carbocycles. The molecule has 0 radical (unpaired) electrons. The van der Waals surface area contributed by atoms with Crippen LogP contribution < -0.4 is 10.6 Å². The van der Waals surface area contributed by atoms with Gasteiger partial charge in [-0.1, -0.05) is 47.1 Å². The highest BCUT2D eigenvalue weighted by Crippen LogP contribution is 2.18. The van der Waals surface area contributed by atoms with Crippen molar-refractivity contribution in [2.24, 2.45) is 4.99 Å². The smallest absolute Gasteiger partial charge is 0.246 e. The van der Waals surface area contributed by atoms with E-state index >= 15 is 0 Å². The first-order valence-electron chi connectivity index (χ1n) is 7.81. The first kappa shape index (κ1) is 20.2. The minimum Gasteiger partial charge on any atom is -0.352 e. The molecule has 0 fully saturated rings. The summed E-state index contributed by atoms with van der Waals surface area (Å²) in [5, 5.41) is 11.0. The summed E-state index contributed by atoms with van der Waals surface area (Å²) in [5.74, 6) is 1.67. The number of benzene rings is 2.